The topological polar surface area (TPSA) is 0 Å². The van der Waals surface area contributed by atoms with Crippen LogP contribution in [0.3, 0.4) is 0 Å². The summed E-state index contributed by atoms with van der Waals surface area (Å²) in [5.41, 5.74) is 4.05. The Bertz CT molecular complexity index is 860. The molecule has 0 spiro atoms. The zero-order valence-electron chi connectivity index (χ0n) is 13.5. The summed E-state index contributed by atoms with van der Waals surface area (Å²) in [6.07, 6.45) is 2.56. The van der Waals surface area contributed by atoms with E-state index >= 15 is 0 Å². The molecule has 0 atom stereocenters. The van der Waals surface area contributed by atoms with Gasteiger partial charge in [0.1, 0.15) is 0 Å². The van der Waals surface area contributed by atoms with Crippen LogP contribution >= 0.6 is 0 Å². The Hall–Kier alpha value is -2.74. The summed E-state index contributed by atoms with van der Waals surface area (Å²) in [5, 5.41) is 0. The molecule has 0 N–H and O–H groups in total. The van der Waals surface area contributed by atoms with E-state index in [4.69, 9.17) is 0 Å². The van der Waals surface area contributed by atoms with Gasteiger partial charge in [-0.25, -0.2) is 8.78 Å². The van der Waals surface area contributed by atoms with Crippen molar-refractivity contribution in [1.82, 2.24) is 0 Å². The summed E-state index contributed by atoms with van der Waals surface area (Å²) in [6.45, 7) is 5.65. The van der Waals surface area contributed by atoms with Gasteiger partial charge in [0.2, 0.25) is 0 Å². The fourth-order valence-corrected chi connectivity index (χ4v) is 2.72. The lowest BCUT2D eigenvalue weighted by molar-refractivity contribution is 0.514. The molecule has 120 valence electrons. The molecule has 0 saturated carbocycles. The number of allylic oxidation sites excluding steroid dienone is 1. The molecule has 0 nitrogen and oxygen atoms in total. The number of halogens is 2. The molecule has 3 aromatic carbocycles. The van der Waals surface area contributed by atoms with Crippen LogP contribution in [0.5, 0.6) is 0 Å². The van der Waals surface area contributed by atoms with Crippen molar-refractivity contribution in [3.8, 4) is 22.3 Å². The second kappa shape index (κ2) is 6.79. The summed E-state index contributed by atoms with van der Waals surface area (Å²) in [7, 11) is 0. The first kappa shape index (κ1) is 16.1. The van der Waals surface area contributed by atoms with Crippen LogP contribution in [0.15, 0.2) is 73.3 Å². The Morgan fingerprint density at radius 2 is 1.21 bits per heavy atom. The fourth-order valence-electron chi connectivity index (χ4n) is 2.72. The van der Waals surface area contributed by atoms with Gasteiger partial charge in [0.05, 0.1) is 0 Å². The Labute approximate surface area is 141 Å². The van der Waals surface area contributed by atoms with Crippen molar-refractivity contribution in [3.63, 3.8) is 0 Å². The number of hydrogen-bond donors (Lipinski definition) is 0. The third-order valence-corrected chi connectivity index (χ3v) is 4.09. The molecule has 0 aromatic heterocycles. The van der Waals surface area contributed by atoms with Crippen molar-refractivity contribution in [2.75, 3.05) is 0 Å². The van der Waals surface area contributed by atoms with Gasteiger partial charge in [-0.2, -0.15) is 0 Å². The molecule has 0 aliphatic heterocycles. The summed E-state index contributed by atoms with van der Waals surface area (Å²) in [4.78, 5) is 0. The average molecular weight is 320 g/mol. The Morgan fingerprint density at radius 3 is 1.67 bits per heavy atom. The van der Waals surface area contributed by atoms with Gasteiger partial charge in [0.15, 0.2) is 11.6 Å². The van der Waals surface area contributed by atoms with Gasteiger partial charge >= 0.3 is 0 Å². The molecule has 3 rings (SSSR count). The van der Waals surface area contributed by atoms with Gasteiger partial charge in [-0.05, 0) is 30.0 Å². The van der Waals surface area contributed by atoms with E-state index in [9.17, 15) is 8.78 Å². The maximum absolute atomic E-state index is 14.6. The van der Waals surface area contributed by atoms with Crippen LogP contribution in [0.4, 0.5) is 8.78 Å². The van der Waals surface area contributed by atoms with Crippen LogP contribution in [0, 0.1) is 18.6 Å². The predicted octanol–water partition coefficient (Wildman–Crippen LogP) is 6.34. The minimum atomic E-state index is -0.815. The molecule has 0 fully saturated rings. The first-order chi connectivity index (χ1) is 11.6. The first-order valence-electron chi connectivity index (χ1n) is 7.85. The lowest BCUT2D eigenvalue weighted by atomic mass is 9.97. The van der Waals surface area contributed by atoms with Crippen molar-refractivity contribution in [3.05, 3.63) is 96.1 Å². The first-order valence-corrected chi connectivity index (χ1v) is 7.85. The number of aryl methyl sites for hydroxylation is 1. The summed E-state index contributed by atoms with van der Waals surface area (Å²) >= 11 is 0. The average Bonchev–Trinajstić information content (AvgIpc) is 2.59. The van der Waals surface area contributed by atoms with Gasteiger partial charge in [0.25, 0.3) is 0 Å². The zero-order valence-corrected chi connectivity index (χ0v) is 13.5. The quantitative estimate of drug-likeness (QED) is 0.492. The number of rotatable bonds is 4. The zero-order chi connectivity index (χ0) is 17.1. The van der Waals surface area contributed by atoms with Crippen LogP contribution in [0.25, 0.3) is 22.3 Å². The summed E-state index contributed by atoms with van der Waals surface area (Å²) < 4.78 is 29.1. The van der Waals surface area contributed by atoms with Gasteiger partial charge in [0, 0.05) is 11.1 Å². The van der Waals surface area contributed by atoms with Crippen LogP contribution in [-0.4, -0.2) is 0 Å². The maximum Gasteiger partial charge on any atom is 0.167 e. The Balaban J connectivity index is 2.00. The van der Waals surface area contributed by atoms with E-state index in [1.165, 1.54) is 0 Å². The second-order valence-electron chi connectivity index (χ2n) is 5.84. The van der Waals surface area contributed by atoms with E-state index in [1.54, 1.807) is 24.3 Å². The summed E-state index contributed by atoms with van der Waals surface area (Å²) in [6, 6.07) is 18.1. The minimum Gasteiger partial charge on any atom is -0.203 e. The van der Waals surface area contributed by atoms with E-state index in [0.717, 1.165) is 17.5 Å². The van der Waals surface area contributed by atoms with Crippen LogP contribution in [0.1, 0.15) is 11.1 Å². The maximum atomic E-state index is 14.6. The summed E-state index contributed by atoms with van der Waals surface area (Å²) in [5.74, 6) is -1.63. The molecule has 3 aromatic rings. The van der Waals surface area contributed by atoms with E-state index in [2.05, 4.69) is 6.58 Å². The molecule has 0 amide bonds. The molecule has 0 radical (unpaired) electrons. The highest BCUT2D eigenvalue weighted by molar-refractivity contribution is 5.72. The lowest BCUT2D eigenvalue weighted by Gasteiger charge is -2.10. The lowest BCUT2D eigenvalue weighted by Crippen LogP contribution is -1.94. The van der Waals surface area contributed by atoms with Gasteiger partial charge in [-0.15, -0.1) is 6.58 Å². The monoisotopic (exact) mass is 320 g/mol. The number of benzene rings is 3. The highest BCUT2D eigenvalue weighted by atomic mass is 19.2. The highest BCUT2D eigenvalue weighted by Gasteiger charge is 2.15. The molecule has 0 unspecified atom stereocenters. The third-order valence-electron chi connectivity index (χ3n) is 4.09. The van der Waals surface area contributed by atoms with E-state index < -0.39 is 11.6 Å². The molecular formula is C22H18F2. The van der Waals surface area contributed by atoms with Crippen molar-refractivity contribution in [2.45, 2.75) is 13.3 Å². The molecular weight excluding hydrogens is 302 g/mol. The van der Waals surface area contributed by atoms with E-state index in [0.29, 0.717) is 11.1 Å². The van der Waals surface area contributed by atoms with Crippen molar-refractivity contribution in [2.24, 2.45) is 0 Å². The highest BCUT2D eigenvalue weighted by Crippen LogP contribution is 2.31. The fraction of sp³-hybridized carbons (Fsp3) is 0.0909. The van der Waals surface area contributed by atoms with Gasteiger partial charge < -0.3 is 0 Å². The van der Waals surface area contributed by atoms with Crippen molar-refractivity contribution < 1.29 is 8.78 Å². The standard InChI is InChI=1S/C22H18F2/c1-3-4-16-7-11-18(12-8-16)20-14-13-19(21(23)22(20)24)17-9-5-15(2)6-10-17/h3,5-14H,1,4H2,2H3. The Morgan fingerprint density at radius 1 is 0.750 bits per heavy atom. The van der Waals surface area contributed by atoms with Crippen LogP contribution in [-0.2, 0) is 6.42 Å². The van der Waals surface area contributed by atoms with Gasteiger partial charge in [-0.1, -0.05) is 72.3 Å². The van der Waals surface area contributed by atoms with E-state index in [1.807, 2.05) is 49.4 Å². The predicted molar refractivity (Wildman–Crippen MR) is 95.9 cm³/mol. The molecule has 0 aliphatic rings. The SMILES string of the molecule is C=CCc1ccc(-c2ccc(-c3ccc(C)cc3)c(F)c2F)cc1. The smallest absolute Gasteiger partial charge is 0.167 e. The second-order valence-corrected chi connectivity index (χ2v) is 5.84. The van der Waals surface area contributed by atoms with Crippen LogP contribution in [0.2, 0.25) is 0 Å². The Kier molecular flexibility index (Phi) is 4.57. The normalized spacial score (nSPS) is 10.6. The molecule has 24 heavy (non-hydrogen) atoms. The van der Waals surface area contributed by atoms with Crippen molar-refractivity contribution in [1.29, 1.82) is 0 Å². The molecule has 0 heterocycles. The van der Waals surface area contributed by atoms with Crippen molar-refractivity contribution >= 4 is 0 Å². The third kappa shape index (κ3) is 3.13. The number of hydrogen-bond acceptors (Lipinski definition) is 0. The largest absolute Gasteiger partial charge is 0.203 e. The molecule has 0 saturated heterocycles. The van der Waals surface area contributed by atoms with E-state index in [-0.39, 0.29) is 11.1 Å². The van der Waals surface area contributed by atoms with Gasteiger partial charge in [-0.3, -0.25) is 0 Å². The molecule has 0 bridgehead atoms. The van der Waals surface area contributed by atoms with Crippen LogP contribution < -0.4 is 0 Å². The molecule has 2 heteroatoms. The molecule has 0 aliphatic carbocycles. The minimum absolute atomic E-state index is 0.272.